The third-order valence-electron chi connectivity index (χ3n) is 1.18. The number of rotatable bonds is 3. The van der Waals surface area contributed by atoms with Gasteiger partial charge in [0.15, 0.2) is 0 Å². The number of amides is 1. The highest BCUT2D eigenvalue weighted by molar-refractivity contribution is 6.62. The third kappa shape index (κ3) is 4.58. The first-order chi connectivity index (χ1) is 4.54. The van der Waals surface area contributed by atoms with Gasteiger partial charge in [-0.2, -0.15) is 0 Å². The van der Waals surface area contributed by atoms with Gasteiger partial charge >= 0.3 is 5.37 Å². The van der Waals surface area contributed by atoms with E-state index in [1.165, 1.54) is 4.90 Å². The second-order valence-corrected chi connectivity index (χ2v) is 2.80. The molecule has 0 heterocycles. The standard InChI is InChI=1S/C6H13ClN2O/c1-8(2)4-5-9(3)6(7)10/h4-5H2,1-3H3. The monoisotopic (exact) mass is 164 g/mol. The summed E-state index contributed by atoms with van der Waals surface area (Å²) in [5.41, 5.74) is 0. The molecule has 0 N–H and O–H groups in total. The molecule has 0 aliphatic rings. The topological polar surface area (TPSA) is 23.6 Å². The predicted molar refractivity (Wildman–Crippen MR) is 42.4 cm³/mol. The van der Waals surface area contributed by atoms with Crippen molar-refractivity contribution in [1.29, 1.82) is 0 Å². The number of likely N-dealkylation sites (N-methyl/N-ethyl adjacent to an activating group) is 2. The van der Waals surface area contributed by atoms with Crippen LogP contribution in [0, 0.1) is 0 Å². The van der Waals surface area contributed by atoms with Gasteiger partial charge in [0.2, 0.25) is 0 Å². The largest absolute Gasteiger partial charge is 0.331 e. The molecule has 0 aromatic rings. The van der Waals surface area contributed by atoms with Crippen LogP contribution < -0.4 is 0 Å². The maximum absolute atomic E-state index is 10.4. The lowest BCUT2D eigenvalue weighted by Crippen LogP contribution is -2.30. The quantitative estimate of drug-likeness (QED) is 0.456. The molecular weight excluding hydrogens is 152 g/mol. The molecule has 0 aromatic heterocycles. The summed E-state index contributed by atoms with van der Waals surface area (Å²) in [6, 6.07) is 0. The van der Waals surface area contributed by atoms with Crippen molar-refractivity contribution < 1.29 is 4.79 Å². The molecule has 0 atom stereocenters. The Hall–Kier alpha value is -0.280. The van der Waals surface area contributed by atoms with Crippen molar-refractivity contribution in [2.45, 2.75) is 0 Å². The summed E-state index contributed by atoms with van der Waals surface area (Å²) in [4.78, 5) is 13.9. The molecule has 3 nitrogen and oxygen atoms in total. The lowest BCUT2D eigenvalue weighted by atomic mass is 10.5. The summed E-state index contributed by atoms with van der Waals surface area (Å²) < 4.78 is 0. The molecule has 0 bridgehead atoms. The lowest BCUT2D eigenvalue weighted by molar-refractivity contribution is 0.226. The van der Waals surface area contributed by atoms with E-state index in [4.69, 9.17) is 11.6 Å². The van der Waals surface area contributed by atoms with Crippen molar-refractivity contribution in [3.05, 3.63) is 0 Å². The summed E-state index contributed by atoms with van der Waals surface area (Å²) in [6.07, 6.45) is 0. The molecule has 1 amide bonds. The van der Waals surface area contributed by atoms with Gasteiger partial charge in [-0.15, -0.1) is 0 Å². The Bertz CT molecular complexity index is 116. The Morgan fingerprint density at radius 1 is 1.30 bits per heavy atom. The summed E-state index contributed by atoms with van der Waals surface area (Å²) in [5.74, 6) is 0. The molecule has 10 heavy (non-hydrogen) atoms. The Morgan fingerprint density at radius 3 is 2.10 bits per heavy atom. The van der Waals surface area contributed by atoms with E-state index in [2.05, 4.69) is 0 Å². The zero-order valence-electron chi connectivity index (χ0n) is 6.59. The SMILES string of the molecule is CN(C)CCN(C)C(=O)Cl. The first-order valence-corrected chi connectivity index (χ1v) is 3.47. The van der Waals surface area contributed by atoms with Gasteiger partial charge in [0.05, 0.1) is 0 Å². The van der Waals surface area contributed by atoms with Gasteiger partial charge in [0.1, 0.15) is 0 Å². The predicted octanol–water partition coefficient (Wildman–Crippen LogP) is 0.839. The number of hydrogen-bond acceptors (Lipinski definition) is 2. The Labute approximate surface area is 66.5 Å². The molecule has 0 rings (SSSR count). The summed E-state index contributed by atoms with van der Waals surface area (Å²) >= 11 is 5.18. The highest BCUT2D eigenvalue weighted by atomic mass is 35.5. The molecule has 0 unspecified atom stereocenters. The normalized spacial score (nSPS) is 10.1. The van der Waals surface area contributed by atoms with Gasteiger partial charge in [-0.3, -0.25) is 4.79 Å². The summed E-state index contributed by atoms with van der Waals surface area (Å²) in [6.45, 7) is 1.52. The van der Waals surface area contributed by atoms with Crippen LogP contribution in [0.4, 0.5) is 4.79 Å². The molecule has 0 fully saturated rings. The number of hydrogen-bond donors (Lipinski definition) is 0. The van der Waals surface area contributed by atoms with E-state index in [-0.39, 0.29) is 0 Å². The molecule has 0 aromatic carbocycles. The van der Waals surface area contributed by atoms with Crippen molar-refractivity contribution in [2.75, 3.05) is 34.2 Å². The summed E-state index contributed by atoms with van der Waals surface area (Å²) in [5, 5.41) is -0.401. The molecule has 0 saturated heterocycles. The zero-order chi connectivity index (χ0) is 8.15. The Morgan fingerprint density at radius 2 is 1.80 bits per heavy atom. The fraction of sp³-hybridized carbons (Fsp3) is 0.833. The smallest absolute Gasteiger partial charge is 0.316 e. The van der Waals surface area contributed by atoms with Crippen LogP contribution in [0.3, 0.4) is 0 Å². The number of carbonyl (C=O) groups is 1. The van der Waals surface area contributed by atoms with Crippen molar-refractivity contribution in [2.24, 2.45) is 0 Å². The first kappa shape index (κ1) is 9.72. The van der Waals surface area contributed by atoms with Gasteiger partial charge in [-0.25, -0.2) is 0 Å². The molecule has 0 radical (unpaired) electrons. The highest BCUT2D eigenvalue weighted by Crippen LogP contribution is 1.91. The second kappa shape index (κ2) is 4.52. The van der Waals surface area contributed by atoms with Crippen molar-refractivity contribution >= 4 is 17.0 Å². The molecule has 0 aliphatic carbocycles. The number of nitrogens with zero attached hydrogens (tertiary/aromatic N) is 2. The second-order valence-electron chi connectivity index (χ2n) is 2.48. The van der Waals surface area contributed by atoms with E-state index in [1.54, 1.807) is 7.05 Å². The fourth-order valence-corrected chi connectivity index (χ4v) is 0.522. The van der Waals surface area contributed by atoms with Crippen molar-refractivity contribution in [1.82, 2.24) is 9.80 Å². The van der Waals surface area contributed by atoms with Crippen LogP contribution >= 0.6 is 11.6 Å². The maximum atomic E-state index is 10.4. The van der Waals surface area contributed by atoms with E-state index in [0.717, 1.165) is 6.54 Å². The van der Waals surface area contributed by atoms with Crippen LogP contribution in [0.2, 0.25) is 0 Å². The van der Waals surface area contributed by atoms with Crippen molar-refractivity contribution in [3.63, 3.8) is 0 Å². The van der Waals surface area contributed by atoms with Gasteiger partial charge in [0.25, 0.3) is 0 Å². The first-order valence-electron chi connectivity index (χ1n) is 3.09. The summed E-state index contributed by atoms with van der Waals surface area (Å²) in [7, 11) is 5.58. The van der Waals surface area contributed by atoms with E-state index in [0.29, 0.717) is 6.54 Å². The average Bonchev–Trinajstić information content (AvgIpc) is 1.82. The van der Waals surface area contributed by atoms with Gasteiger partial charge in [0, 0.05) is 20.1 Å². The van der Waals surface area contributed by atoms with Crippen LogP contribution in [0.15, 0.2) is 0 Å². The van der Waals surface area contributed by atoms with Crippen molar-refractivity contribution in [3.8, 4) is 0 Å². The molecular formula is C6H13ClN2O. The van der Waals surface area contributed by atoms with Crippen LogP contribution in [0.1, 0.15) is 0 Å². The zero-order valence-corrected chi connectivity index (χ0v) is 7.35. The Kier molecular flexibility index (Phi) is 4.40. The van der Waals surface area contributed by atoms with Crippen LogP contribution in [-0.4, -0.2) is 49.4 Å². The molecule has 0 saturated carbocycles. The van der Waals surface area contributed by atoms with Gasteiger partial charge in [-0.05, 0) is 25.7 Å². The molecule has 0 aliphatic heterocycles. The average molecular weight is 165 g/mol. The molecule has 60 valence electrons. The van der Waals surface area contributed by atoms with E-state index < -0.39 is 5.37 Å². The fourth-order valence-electron chi connectivity index (χ4n) is 0.438. The third-order valence-corrected chi connectivity index (χ3v) is 1.47. The van der Waals surface area contributed by atoms with Crippen LogP contribution in [-0.2, 0) is 0 Å². The highest BCUT2D eigenvalue weighted by Gasteiger charge is 2.02. The van der Waals surface area contributed by atoms with Crippen LogP contribution in [0.5, 0.6) is 0 Å². The molecule has 4 heteroatoms. The lowest BCUT2D eigenvalue weighted by Gasteiger charge is -2.16. The minimum absolute atomic E-state index is 0.401. The van der Waals surface area contributed by atoms with E-state index in [9.17, 15) is 4.79 Å². The van der Waals surface area contributed by atoms with Gasteiger partial charge < -0.3 is 9.80 Å². The maximum Gasteiger partial charge on any atom is 0.316 e. The minimum Gasteiger partial charge on any atom is -0.331 e. The number of halogens is 1. The van der Waals surface area contributed by atoms with Crippen LogP contribution in [0.25, 0.3) is 0 Å². The van der Waals surface area contributed by atoms with E-state index >= 15 is 0 Å². The Balaban J connectivity index is 3.40. The van der Waals surface area contributed by atoms with E-state index in [1.807, 2.05) is 19.0 Å². The number of carbonyl (C=O) groups excluding carboxylic acids is 1. The molecule has 0 spiro atoms. The van der Waals surface area contributed by atoms with Gasteiger partial charge in [-0.1, -0.05) is 0 Å². The minimum atomic E-state index is -0.401.